The van der Waals surface area contributed by atoms with E-state index in [1.54, 1.807) is 37.3 Å². The normalized spacial score (nSPS) is 11.1. The number of hydrogen-bond donors (Lipinski definition) is 1. The lowest BCUT2D eigenvalue weighted by atomic mass is 10.1. The predicted octanol–water partition coefficient (Wildman–Crippen LogP) is 4.21. The summed E-state index contributed by atoms with van der Waals surface area (Å²) in [5.41, 5.74) is 0.584. The van der Waals surface area contributed by atoms with Gasteiger partial charge in [-0.1, -0.05) is 41.9 Å². The van der Waals surface area contributed by atoms with E-state index < -0.39 is 43.8 Å². The fourth-order valence-corrected chi connectivity index (χ4v) is 4.59. The van der Waals surface area contributed by atoms with Crippen LogP contribution in [0, 0.1) is 22.9 Å². The third-order valence-corrected chi connectivity index (χ3v) is 6.85. The van der Waals surface area contributed by atoms with Crippen LogP contribution in [0.15, 0.2) is 71.6 Å². The average Bonchev–Trinajstić information content (AvgIpc) is 2.78. The number of rotatable bonds is 8. The molecule has 0 fully saturated rings. The monoisotopic (exact) mass is 491 g/mol. The molecule has 1 amide bonds. The van der Waals surface area contributed by atoms with E-state index in [4.69, 9.17) is 11.6 Å². The second-order valence-electron chi connectivity index (χ2n) is 7.08. The first kappa shape index (κ1) is 24.1. The summed E-state index contributed by atoms with van der Waals surface area (Å²) in [5, 5.41) is 13.6. The van der Waals surface area contributed by atoms with E-state index in [-0.39, 0.29) is 17.3 Å². The Bertz CT molecular complexity index is 1300. The molecule has 0 saturated heterocycles. The minimum absolute atomic E-state index is 0.00880. The van der Waals surface area contributed by atoms with Gasteiger partial charge in [-0.3, -0.25) is 19.2 Å². The van der Waals surface area contributed by atoms with Crippen LogP contribution < -0.4 is 9.62 Å². The number of amides is 1. The van der Waals surface area contributed by atoms with Gasteiger partial charge in [0.1, 0.15) is 17.4 Å². The molecule has 11 heteroatoms. The Hall–Kier alpha value is -3.50. The number of halogens is 2. The van der Waals surface area contributed by atoms with Gasteiger partial charge in [0.25, 0.3) is 15.7 Å². The number of carbonyl (C=O) groups is 1. The highest BCUT2D eigenvalue weighted by Gasteiger charge is 2.29. The molecule has 0 aliphatic rings. The summed E-state index contributed by atoms with van der Waals surface area (Å²) in [6.07, 6.45) is 0. The Morgan fingerprint density at radius 1 is 1.12 bits per heavy atom. The summed E-state index contributed by atoms with van der Waals surface area (Å²) in [6.45, 7) is 1.00. The zero-order valence-electron chi connectivity index (χ0n) is 17.4. The summed E-state index contributed by atoms with van der Waals surface area (Å²) in [6, 6.07) is 15.4. The molecule has 0 heterocycles. The highest BCUT2D eigenvalue weighted by Crippen LogP contribution is 2.30. The number of hydrogen-bond acceptors (Lipinski definition) is 5. The number of sulfonamides is 1. The van der Waals surface area contributed by atoms with E-state index in [1.165, 1.54) is 18.2 Å². The summed E-state index contributed by atoms with van der Waals surface area (Å²) < 4.78 is 41.3. The van der Waals surface area contributed by atoms with Crippen molar-refractivity contribution in [2.24, 2.45) is 0 Å². The Morgan fingerprint density at radius 2 is 1.82 bits per heavy atom. The zero-order chi connectivity index (χ0) is 24.2. The van der Waals surface area contributed by atoms with Crippen molar-refractivity contribution in [3.63, 3.8) is 0 Å². The van der Waals surface area contributed by atoms with Crippen LogP contribution in [-0.4, -0.2) is 25.8 Å². The molecule has 0 unspecified atom stereocenters. The summed E-state index contributed by atoms with van der Waals surface area (Å²) in [7, 11) is -4.37. The van der Waals surface area contributed by atoms with Gasteiger partial charge in [-0.15, -0.1) is 0 Å². The van der Waals surface area contributed by atoms with Crippen molar-refractivity contribution in [3.05, 3.63) is 98.8 Å². The summed E-state index contributed by atoms with van der Waals surface area (Å²) in [5.74, 6) is -1.06. The van der Waals surface area contributed by atoms with Crippen LogP contribution in [0.4, 0.5) is 15.8 Å². The van der Waals surface area contributed by atoms with Gasteiger partial charge in [0.2, 0.25) is 5.91 Å². The molecule has 1 N–H and O–H groups in total. The Morgan fingerprint density at radius 3 is 2.45 bits per heavy atom. The molecule has 0 aliphatic carbocycles. The van der Waals surface area contributed by atoms with Gasteiger partial charge < -0.3 is 5.32 Å². The minimum atomic E-state index is -4.37. The molecule has 0 bridgehead atoms. The Balaban J connectivity index is 1.89. The first-order valence-electron chi connectivity index (χ1n) is 9.63. The van der Waals surface area contributed by atoms with Crippen molar-refractivity contribution in [1.82, 2.24) is 5.32 Å². The molecule has 0 aliphatic heterocycles. The lowest BCUT2D eigenvalue weighted by Crippen LogP contribution is -2.40. The van der Waals surface area contributed by atoms with Crippen molar-refractivity contribution < 1.29 is 22.5 Å². The Kier molecular flexibility index (Phi) is 7.29. The molecule has 3 aromatic rings. The second kappa shape index (κ2) is 9.97. The van der Waals surface area contributed by atoms with Crippen molar-refractivity contribution in [2.45, 2.75) is 18.4 Å². The molecule has 3 rings (SSSR count). The number of para-hydroxylation sites is 1. The molecule has 172 valence electrons. The molecule has 8 nitrogen and oxygen atoms in total. The molecular formula is C22H19ClFN3O5S. The van der Waals surface area contributed by atoms with E-state index >= 15 is 0 Å². The minimum Gasteiger partial charge on any atom is -0.350 e. The molecule has 3 aromatic carbocycles. The average molecular weight is 492 g/mol. The zero-order valence-corrected chi connectivity index (χ0v) is 18.9. The number of nitro groups is 1. The van der Waals surface area contributed by atoms with Gasteiger partial charge in [-0.2, -0.15) is 0 Å². The highest BCUT2D eigenvalue weighted by molar-refractivity contribution is 7.92. The molecular weight excluding hydrogens is 473 g/mol. The number of carbonyl (C=O) groups excluding carboxylic acids is 1. The molecule has 33 heavy (non-hydrogen) atoms. The lowest BCUT2D eigenvalue weighted by Gasteiger charge is -2.24. The van der Waals surface area contributed by atoms with Crippen molar-refractivity contribution in [1.29, 1.82) is 0 Å². The first-order valence-corrected chi connectivity index (χ1v) is 11.4. The summed E-state index contributed by atoms with van der Waals surface area (Å²) >= 11 is 5.80. The van der Waals surface area contributed by atoms with Crippen LogP contribution in [0.3, 0.4) is 0 Å². The highest BCUT2D eigenvalue weighted by atomic mass is 35.5. The number of aryl methyl sites for hydroxylation is 1. The van der Waals surface area contributed by atoms with Crippen LogP contribution in [0.25, 0.3) is 0 Å². The summed E-state index contributed by atoms with van der Waals surface area (Å²) in [4.78, 5) is 22.6. The Labute approximate surface area is 194 Å². The maximum atomic E-state index is 13.7. The number of anilines is 1. The topological polar surface area (TPSA) is 110 Å². The quantitative estimate of drug-likeness (QED) is 0.375. The van der Waals surface area contributed by atoms with E-state index in [1.807, 2.05) is 0 Å². The smallest absolute Gasteiger partial charge is 0.289 e. The van der Waals surface area contributed by atoms with Gasteiger partial charge in [-0.05, 0) is 48.4 Å². The number of nitrogens with one attached hydrogen (secondary N) is 1. The number of nitro benzene ring substituents is 1. The van der Waals surface area contributed by atoms with E-state index in [0.717, 1.165) is 22.5 Å². The van der Waals surface area contributed by atoms with E-state index in [0.29, 0.717) is 11.1 Å². The van der Waals surface area contributed by atoms with Crippen LogP contribution >= 0.6 is 11.6 Å². The van der Waals surface area contributed by atoms with Gasteiger partial charge in [0.05, 0.1) is 15.5 Å². The molecule has 0 saturated carbocycles. The van der Waals surface area contributed by atoms with Crippen LogP contribution in [0.1, 0.15) is 11.1 Å². The van der Waals surface area contributed by atoms with Gasteiger partial charge in [-0.25, -0.2) is 12.8 Å². The lowest BCUT2D eigenvalue weighted by molar-refractivity contribution is -0.384. The van der Waals surface area contributed by atoms with Gasteiger partial charge >= 0.3 is 0 Å². The largest absolute Gasteiger partial charge is 0.350 e. The fraction of sp³-hybridized carbons (Fsp3) is 0.136. The SMILES string of the molecule is Cc1ccc(CNC(=O)CN(c2ccccc2)S(=O)(=O)c2ccc(Cl)c([N+](=O)[O-])c2)cc1F. The van der Waals surface area contributed by atoms with E-state index in [9.17, 15) is 27.7 Å². The second-order valence-corrected chi connectivity index (χ2v) is 9.35. The fourth-order valence-electron chi connectivity index (χ4n) is 2.96. The van der Waals surface area contributed by atoms with Crippen LogP contribution in [0.2, 0.25) is 5.02 Å². The standard InChI is InChI=1S/C22H19ClFN3O5S/c1-15-7-8-16(11-20(15)24)13-25-22(28)14-26(17-5-3-2-4-6-17)33(31,32)18-9-10-19(23)21(12-18)27(29)30/h2-12H,13-14H2,1H3,(H,25,28). The molecule has 0 spiro atoms. The van der Waals surface area contributed by atoms with Crippen molar-refractivity contribution in [3.8, 4) is 0 Å². The maximum Gasteiger partial charge on any atom is 0.289 e. The first-order chi connectivity index (χ1) is 15.6. The molecule has 0 atom stereocenters. The van der Waals surface area contributed by atoms with E-state index in [2.05, 4.69) is 5.32 Å². The number of benzene rings is 3. The van der Waals surface area contributed by atoms with Crippen molar-refractivity contribution >= 4 is 38.9 Å². The molecule has 0 aromatic heterocycles. The third-order valence-electron chi connectivity index (χ3n) is 4.76. The van der Waals surface area contributed by atoms with Crippen LogP contribution in [0.5, 0.6) is 0 Å². The van der Waals surface area contributed by atoms with Gasteiger partial charge in [0.15, 0.2) is 0 Å². The maximum absolute atomic E-state index is 13.7. The predicted molar refractivity (Wildman–Crippen MR) is 122 cm³/mol. The third kappa shape index (κ3) is 5.65. The van der Waals surface area contributed by atoms with Gasteiger partial charge in [0, 0.05) is 12.6 Å². The molecule has 0 radical (unpaired) electrons. The number of nitrogens with zero attached hydrogens (tertiary/aromatic N) is 2. The van der Waals surface area contributed by atoms with Crippen LogP contribution in [-0.2, 0) is 21.4 Å². The van der Waals surface area contributed by atoms with Crippen molar-refractivity contribution in [2.75, 3.05) is 10.8 Å².